The molecule has 2 N–H and O–H groups in total. The number of benzene rings is 1. The minimum absolute atomic E-state index is 0.0141. The predicted octanol–water partition coefficient (Wildman–Crippen LogP) is 2.36. The van der Waals surface area contributed by atoms with Crippen LogP contribution in [0.5, 0.6) is 0 Å². The minimum atomic E-state index is -3.69. The second kappa shape index (κ2) is 8.73. The maximum Gasteiger partial charge on any atom is 0.240 e. The normalized spacial score (nSPS) is 13.3. The summed E-state index contributed by atoms with van der Waals surface area (Å²) in [5.74, 6) is -0.548. The summed E-state index contributed by atoms with van der Waals surface area (Å²) in [5.41, 5.74) is 0.573. The van der Waals surface area contributed by atoms with Crippen molar-refractivity contribution in [3.05, 3.63) is 29.6 Å². The molecule has 0 bridgehead atoms. The zero-order valence-corrected chi connectivity index (χ0v) is 14.3. The summed E-state index contributed by atoms with van der Waals surface area (Å²) in [7, 11) is -3.69. The topological polar surface area (TPSA) is 58.2 Å². The molecule has 0 radical (unpaired) electrons. The summed E-state index contributed by atoms with van der Waals surface area (Å²) in [6.07, 6.45) is 2.72. The molecule has 1 atom stereocenters. The molecule has 1 unspecified atom stereocenters. The van der Waals surface area contributed by atoms with Gasteiger partial charge in [0.25, 0.3) is 0 Å². The van der Waals surface area contributed by atoms with Crippen LogP contribution in [0.25, 0.3) is 0 Å². The highest BCUT2D eigenvalue weighted by atomic mass is 32.2. The molecule has 120 valence electrons. The smallest absolute Gasteiger partial charge is 0.240 e. The predicted molar refractivity (Wildman–Crippen MR) is 86.6 cm³/mol. The van der Waals surface area contributed by atoms with Crippen LogP contribution in [0.3, 0.4) is 0 Å². The van der Waals surface area contributed by atoms with Crippen molar-refractivity contribution in [1.82, 2.24) is 10.0 Å². The van der Waals surface area contributed by atoms with E-state index >= 15 is 0 Å². The molecular weight excluding hydrogens is 311 g/mol. The molecule has 0 saturated carbocycles. The third kappa shape index (κ3) is 5.94. The molecule has 4 nitrogen and oxygen atoms in total. The first-order valence-corrected chi connectivity index (χ1v) is 9.69. The van der Waals surface area contributed by atoms with Gasteiger partial charge in [0.2, 0.25) is 10.0 Å². The Balaban J connectivity index is 2.87. The van der Waals surface area contributed by atoms with E-state index in [9.17, 15) is 12.8 Å². The lowest BCUT2D eigenvalue weighted by atomic mass is 10.2. The maximum absolute atomic E-state index is 13.4. The van der Waals surface area contributed by atoms with Crippen LogP contribution in [-0.4, -0.2) is 33.0 Å². The van der Waals surface area contributed by atoms with E-state index in [1.807, 2.05) is 20.1 Å². The van der Waals surface area contributed by atoms with Crippen LogP contribution in [-0.2, 0) is 16.6 Å². The Bertz CT molecular complexity index is 550. The van der Waals surface area contributed by atoms with Crippen LogP contribution in [0, 0.1) is 5.82 Å². The number of hydrogen-bond donors (Lipinski definition) is 2. The molecule has 0 spiro atoms. The summed E-state index contributed by atoms with van der Waals surface area (Å²) in [6.45, 7) is 5.43. The van der Waals surface area contributed by atoms with E-state index in [2.05, 4.69) is 10.0 Å². The molecule has 0 amide bonds. The zero-order chi connectivity index (χ0) is 15.9. The number of nitrogens with one attached hydrogen (secondary N) is 2. The van der Waals surface area contributed by atoms with Crippen molar-refractivity contribution in [1.29, 1.82) is 0 Å². The summed E-state index contributed by atoms with van der Waals surface area (Å²) in [6, 6.07) is 3.87. The average molecular weight is 334 g/mol. The number of rotatable bonds is 9. The molecule has 1 aromatic carbocycles. The number of hydrogen-bond acceptors (Lipinski definition) is 4. The van der Waals surface area contributed by atoms with Crippen molar-refractivity contribution >= 4 is 21.8 Å². The first-order valence-electron chi connectivity index (χ1n) is 6.92. The van der Waals surface area contributed by atoms with Gasteiger partial charge in [-0.25, -0.2) is 17.5 Å². The fourth-order valence-corrected chi connectivity index (χ4v) is 3.43. The standard InChI is InChI=1S/C14H23FN2O2S2/c1-4-16-10-12-5-6-13(15)9-14(12)21(18,19)17-8-7-11(2)20-3/h5-6,9,11,16-17H,4,7-8,10H2,1-3H3. The van der Waals surface area contributed by atoms with E-state index in [4.69, 9.17) is 0 Å². The van der Waals surface area contributed by atoms with Crippen LogP contribution in [0.2, 0.25) is 0 Å². The van der Waals surface area contributed by atoms with Gasteiger partial charge in [0.15, 0.2) is 0 Å². The molecule has 21 heavy (non-hydrogen) atoms. The zero-order valence-electron chi connectivity index (χ0n) is 12.6. The average Bonchev–Trinajstić information content (AvgIpc) is 2.45. The van der Waals surface area contributed by atoms with Gasteiger partial charge >= 0.3 is 0 Å². The second-order valence-electron chi connectivity index (χ2n) is 4.77. The second-order valence-corrected chi connectivity index (χ2v) is 7.78. The van der Waals surface area contributed by atoms with E-state index in [-0.39, 0.29) is 4.90 Å². The lowest BCUT2D eigenvalue weighted by molar-refractivity contribution is 0.571. The SMILES string of the molecule is CCNCc1ccc(F)cc1S(=O)(=O)NCCC(C)SC. The fraction of sp³-hybridized carbons (Fsp3) is 0.571. The number of thioether (sulfide) groups is 1. The highest BCUT2D eigenvalue weighted by Gasteiger charge is 2.19. The van der Waals surface area contributed by atoms with Gasteiger partial charge in [-0.3, -0.25) is 0 Å². The van der Waals surface area contributed by atoms with Crippen LogP contribution < -0.4 is 10.0 Å². The summed E-state index contributed by atoms with van der Waals surface area (Å²) >= 11 is 1.68. The van der Waals surface area contributed by atoms with Crippen molar-refractivity contribution < 1.29 is 12.8 Å². The molecule has 1 aromatic rings. The molecule has 0 heterocycles. The Kier molecular flexibility index (Phi) is 7.65. The van der Waals surface area contributed by atoms with Gasteiger partial charge in [-0.2, -0.15) is 11.8 Å². The van der Waals surface area contributed by atoms with Crippen LogP contribution in [0.15, 0.2) is 23.1 Å². The lowest BCUT2D eigenvalue weighted by Crippen LogP contribution is -2.28. The Morgan fingerprint density at radius 1 is 1.38 bits per heavy atom. The highest BCUT2D eigenvalue weighted by molar-refractivity contribution is 7.99. The molecule has 7 heteroatoms. The summed E-state index contributed by atoms with van der Waals surface area (Å²) in [4.78, 5) is 0.0141. The fourth-order valence-electron chi connectivity index (χ4n) is 1.78. The van der Waals surface area contributed by atoms with Crippen molar-refractivity contribution in [2.45, 2.75) is 37.0 Å². The summed E-state index contributed by atoms with van der Waals surface area (Å²) in [5, 5.41) is 3.44. The third-order valence-electron chi connectivity index (χ3n) is 3.13. The van der Waals surface area contributed by atoms with Gasteiger partial charge < -0.3 is 5.32 Å². The van der Waals surface area contributed by atoms with Gasteiger partial charge in [-0.1, -0.05) is 19.9 Å². The van der Waals surface area contributed by atoms with Gasteiger partial charge in [-0.15, -0.1) is 0 Å². The van der Waals surface area contributed by atoms with Gasteiger partial charge in [0.1, 0.15) is 5.82 Å². The van der Waals surface area contributed by atoms with Gasteiger partial charge in [-0.05, 0) is 36.9 Å². The Hall–Kier alpha value is -0.630. The summed E-state index contributed by atoms with van der Waals surface area (Å²) < 4.78 is 40.6. The molecule has 0 aromatic heterocycles. The van der Waals surface area contributed by atoms with E-state index < -0.39 is 15.8 Å². The first-order chi connectivity index (χ1) is 9.90. The van der Waals surface area contributed by atoms with E-state index in [1.165, 1.54) is 12.1 Å². The van der Waals surface area contributed by atoms with Gasteiger partial charge in [0.05, 0.1) is 4.90 Å². The number of halogens is 1. The Labute approximate surface area is 131 Å². The van der Waals surface area contributed by atoms with Crippen molar-refractivity contribution in [2.75, 3.05) is 19.3 Å². The van der Waals surface area contributed by atoms with Crippen molar-refractivity contribution in [3.63, 3.8) is 0 Å². The Morgan fingerprint density at radius 3 is 2.71 bits per heavy atom. The maximum atomic E-state index is 13.4. The van der Waals surface area contributed by atoms with E-state index in [0.29, 0.717) is 23.9 Å². The first kappa shape index (κ1) is 18.4. The highest BCUT2D eigenvalue weighted by Crippen LogP contribution is 2.18. The molecule has 0 aliphatic rings. The molecular formula is C14H23FN2O2S2. The van der Waals surface area contributed by atoms with Gasteiger partial charge in [0, 0.05) is 18.3 Å². The van der Waals surface area contributed by atoms with E-state index in [0.717, 1.165) is 19.0 Å². The van der Waals surface area contributed by atoms with Crippen molar-refractivity contribution in [3.8, 4) is 0 Å². The lowest BCUT2D eigenvalue weighted by Gasteiger charge is -2.13. The van der Waals surface area contributed by atoms with Crippen LogP contribution in [0.4, 0.5) is 4.39 Å². The van der Waals surface area contributed by atoms with Crippen LogP contribution in [0.1, 0.15) is 25.8 Å². The molecule has 0 fully saturated rings. The molecule has 0 aliphatic heterocycles. The third-order valence-corrected chi connectivity index (χ3v) is 5.71. The largest absolute Gasteiger partial charge is 0.313 e. The van der Waals surface area contributed by atoms with Crippen molar-refractivity contribution in [2.24, 2.45) is 0 Å². The molecule has 0 saturated heterocycles. The Morgan fingerprint density at radius 2 is 2.10 bits per heavy atom. The molecule has 0 aliphatic carbocycles. The number of sulfonamides is 1. The monoisotopic (exact) mass is 334 g/mol. The van der Waals surface area contributed by atoms with Crippen LogP contribution >= 0.6 is 11.8 Å². The molecule has 1 rings (SSSR count). The van der Waals surface area contributed by atoms with E-state index in [1.54, 1.807) is 11.8 Å². The quantitative estimate of drug-likeness (QED) is 0.728. The minimum Gasteiger partial charge on any atom is -0.313 e.